The molecule has 0 fully saturated rings. The van der Waals surface area contributed by atoms with Crippen LogP contribution in [-0.2, 0) is 19.6 Å². The molecular formula is C10H21NO5S. The molecule has 0 heterocycles. The van der Waals surface area contributed by atoms with Gasteiger partial charge in [0.25, 0.3) is 0 Å². The van der Waals surface area contributed by atoms with Gasteiger partial charge in [0.05, 0.1) is 30.8 Å². The SMILES string of the molecule is CC(=O)OCC[N+](C)(C)CCCCS(=O)(=O)[O-]. The van der Waals surface area contributed by atoms with Crippen LogP contribution >= 0.6 is 0 Å². The van der Waals surface area contributed by atoms with Crippen molar-refractivity contribution in [2.45, 2.75) is 19.8 Å². The van der Waals surface area contributed by atoms with E-state index in [1.165, 1.54) is 6.92 Å². The topological polar surface area (TPSA) is 83.5 Å². The lowest BCUT2D eigenvalue weighted by Crippen LogP contribution is -2.43. The number of likely N-dealkylation sites (N-methyl/N-ethyl adjacent to an activating group) is 1. The zero-order valence-corrected chi connectivity index (χ0v) is 11.5. The van der Waals surface area contributed by atoms with Gasteiger partial charge in [-0.05, 0) is 12.8 Å². The normalized spacial score (nSPS) is 12.5. The van der Waals surface area contributed by atoms with Gasteiger partial charge in [-0.2, -0.15) is 0 Å². The Morgan fingerprint density at radius 1 is 1.24 bits per heavy atom. The summed E-state index contributed by atoms with van der Waals surface area (Å²) in [6.07, 6.45) is 1.04. The average Bonchev–Trinajstić information content (AvgIpc) is 2.10. The lowest BCUT2D eigenvalue weighted by Gasteiger charge is -2.29. The lowest BCUT2D eigenvalue weighted by molar-refractivity contribution is -0.890. The molecule has 0 aliphatic rings. The molecule has 0 aromatic carbocycles. The van der Waals surface area contributed by atoms with Crippen molar-refractivity contribution in [2.24, 2.45) is 0 Å². The van der Waals surface area contributed by atoms with Gasteiger partial charge >= 0.3 is 5.97 Å². The highest BCUT2D eigenvalue weighted by Crippen LogP contribution is 2.03. The molecule has 7 heteroatoms. The van der Waals surface area contributed by atoms with E-state index in [1.807, 2.05) is 14.1 Å². The molecule has 0 spiro atoms. The fourth-order valence-electron chi connectivity index (χ4n) is 1.37. The molecule has 0 rings (SSSR count). The third-order valence-electron chi connectivity index (χ3n) is 2.41. The van der Waals surface area contributed by atoms with Gasteiger partial charge in [0, 0.05) is 12.7 Å². The van der Waals surface area contributed by atoms with E-state index in [4.69, 9.17) is 4.74 Å². The third kappa shape index (κ3) is 11.6. The first-order valence-electron chi connectivity index (χ1n) is 5.51. The Labute approximate surface area is 103 Å². The molecule has 102 valence electrons. The van der Waals surface area contributed by atoms with E-state index in [9.17, 15) is 17.8 Å². The molecule has 0 saturated heterocycles. The van der Waals surface area contributed by atoms with Crippen LogP contribution in [0.4, 0.5) is 0 Å². The van der Waals surface area contributed by atoms with Crippen LogP contribution in [-0.4, -0.2) is 63.0 Å². The van der Waals surface area contributed by atoms with Crippen molar-refractivity contribution in [2.75, 3.05) is 39.5 Å². The monoisotopic (exact) mass is 267 g/mol. The minimum atomic E-state index is -4.10. The van der Waals surface area contributed by atoms with Crippen molar-refractivity contribution < 1.29 is 27.0 Å². The third-order valence-corrected chi connectivity index (χ3v) is 3.20. The van der Waals surface area contributed by atoms with Crippen LogP contribution in [0.2, 0.25) is 0 Å². The molecule has 0 atom stereocenters. The Morgan fingerprint density at radius 3 is 2.29 bits per heavy atom. The smallest absolute Gasteiger partial charge is 0.302 e. The van der Waals surface area contributed by atoms with Crippen LogP contribution in [0.3, 0.4) is 0 Å². The summed E-state index contributed by atoms with van der Waals surface area (Å²) in [5.74, 6) is -0.612. The van der Waals surface area contributed by atoms with E-state index in [0.29, 0.717) is 30.5 Å². The molecule has 0 bridgehead atoms. The second-order valence-corrected chi connectivity index (χ2v) is 6.22. The second-order valence-electron chi connectivity index (χ2n) is 4.69. The molecule has 0 amide bonds. The highest BCUT2D eigenvalue weighted by molar-refractivity contribution is 7.85. The summed E-state index contributed by atoms with van der Waals surface area (Å²) < 4.78 is 36.6. The summed E-state index contributed by atoms with van der Waals surface area (Å²) in [4.78, 5) is 10.6. The standard InChI is InChI=1S/C10H21NO5S/c1-10(12)16-8-7-11(2,3)6-4-5-9-17(13,14)15/h4-9H2,1-3H3. The molecule has 0 N–H and O–H groups in total. The van der Waals surface area contributed by atoms with Crippen molar-refractivity contribution in [1.82, 2.24) is 0 Å². The molecule has 0 aromatic heterocycles. The molecule has 0 aromatic rings. The Balaban J connectivity index is 3.74. The van der Waals surface area contributed by atoms with E-state index in [1.54, 1.807) is 0 Å². The summed E-state index contributed by atoms with van der Waals surface area (Å²) in [6, 6.07) is 0. The van der Waals surface area contributed by atoms with Crippen LogP contribution in [0, 0.1) is 0 Å². The first kappa shape index (κ1) is 16.3. The first-order chi connectivity index (χ1) is 7.62. The number of ether oxygens (including phenoxy) is 1. The van der Waals surface area contributed by atoms with Crippen LogP contribution in [0.5, 0.6) is 0 Å². The quantitative estimate of drug-likeness (QED) is 0.266. The van der Waals surface area contributed by atoms with Crippen molar-refractivity contribution >= 4 is 16.1 Å². The number of carbonyl (C=O) groups is 1. The van der Waals surface area contributed by atoms with Crippen LogP contribution < -0.4 is 0 Å². The summed E-state index contributed by atoms with van der Waals surface area (Å²) >= 11 is 0. The largest absolute Gasteiger partial charge is 0.748 e. The number of esters is 1. The fourth-order valence-corrected chi connectivity index (χ4v) is 1.92. The second kappa shape index (κ2) is 6.93. The number of nitrogens with zero attached hydrogens (tertiary/aromatic N) is 1. The van der Waals surface area contributed by atoms with Gasteiger partial charge in [-0.3, -0.25) is 4.79 Å². The fraction of sp³-hybridized carbons (Fsp3) is 0.900. The lowest BCUT2D eigenvalue weighted by atomic mass is 10.3. The number of unbranched alkanes of at least 4 members (excludes halogenated alkanes) is 1. The Hall–Kier alpha value is -0.660. The number of hydrogen-bond donors (Lipinski definition) is 0. The maximum absolute atomic E-state index is 10.6. The van der Waals surface area contributed by atoms with E-state index < -0.39 is 10.1 Å². The summed E-state index contributed by atoms with van der Waals surface area (Å²) in [5, 5.41) is 0. The van der Waals surface area contributed by atoms with Gasteiger partial charge < -0.3 is 13.8 Å². The summed E-state index contributed by atoms with van der Waals surface area (Å²) in [7, 11) is -0.161. The molecule has 0 unspecified atom stereocenters. The van der Waals surface area contributed by atoms with Crippen molar-refractivity contribution in [3.8, 4) is 0 Å². The molecule has 0 radical (unpaired) electrons. The van der Waals surface area contributed by atoms with Crippen molar-refractivity contribution in [1.29, 1.82) is 0 Å². The zero-order chi connectivity index (χ0) is 13.5. The molecule has 0 aliphatic carbocycles. The predicted molar refractivity (Wildman–Crippen MR) is 62.3 cm³/mol. The van der Waals surface area contributed by atoms with Crippen LogP contribution in [0.25, 0.3) is 0 Å². The summed E-state index contributed by atoms with van der Waals surface area (Å²) in [6.45, 7) is 3.13. The number of quaternary nitrogens is 1. The Kier molecular flexibility index (Phi) is 6.66. The molecule has 17 heavy (non-hydrogen) atoms. The molecule has 6 nitrogen and oxygen atoms in total. The van der Waals surface area contributed by atoms with Gasteiger partial charge in [-0.1, -0.05) is 0 Å². The van der Waals surface area contributed by atoms with E-state index in [-0.39, 0.29) is 11.7 Å². The highest BCUT2D eigenvalue weighted by Gasteiger charge is 2.14. The molecular weight excluding hydrogens is 246 g/mol. The molecule has 0 saturated carbocycles. The van der Waals surface area contributed by atoms with Crippen LogP contribution in [0.15, 0.2) is 0 Å². The number of hydrogen-bond acceptors (Lipinski definition) is 5. The minimum absolute atomic E-state index is 0.303. The van der Waals surface area contributed by atoms with E-state index >= 15 is 0 Å². The van der Waals surface area contributed by atoms with Crippen molar-refractivity contribution in [3.63, 3.8) is 0 Å². The maximum Gasteiger partial charge on any atom is 0.302 e. The highest BCUT2D eigenvalue weighted by atomic mass is 32.2. The zero-order valence-electron chi connectivity index (χ0n) is 10.6. The number of carbonyl (C=O) groups excluding carboxylic acids is 1. The van der Waals surface area contributed by atoms with Crippen molar-refractivity contribution in [3.05, 3.63) is 0 Å². The Morgan fingerprint density at radius 2 is 1.82 bits per heavy atom. The van der Waals surface area contributed by atoms with Gasteiger partial charge in [0.1, 0.15) is 13.2 Å². The van der Waals surface area contributed by atoms with E-state index in [0.717, 1.165) is 6.54 Å². The van der Waals surface area contributed by atoms with Gasteiger partial charge in [-0.25, -0.2) is 8.42 Å². The predicted octanol–water partition coefficient (Wildman–Crippen LogP) is -0.0487. The Bertz CT molecular complexity index is 337. The molecule has 0 aliphatic heterocycles. The van der Waals surface area contributed by atoms with Crippen LogP contribution in [0.1, 0.15) is 19.8 Å². The van der Waals surface area contributed by atoms with Gasteiger partial charge in [0.2, 0.25) is 0 Å². The summed E-state index contributed by atoms with van der Waals surface area (Å²) in [5.41, 5.74) is 0. The maximum atomic E-state index is 10.6. The van der Waals surface area contributed by atoms with Gasteiger partial charge in [0.15, 0.2) is 0 Å². The van der Waals surface area contributed by atoms with Gasteiger partial charge in [-0.15, -0.1) is 0 Å². The number of rotatable bonds is 8. The first-order valence-corrected chi connectivity index (χ1v) is 7.09. The van der Waals surface area contributed by atoms with E-state index in [2.05, 4.69) is 0 Å². The minimum Gasteiger partial charge on any atom is -0.748 e. The average molecular weight is 267 g/mol.